The highest BCUT2D eigenvalue weighted by molar-refractivity contribution is 6.40. The van der Waals surface area contributed by atoms with Crippen molar-refractivity contribution in [3.63, 3.8) is 0 Å². The van der Waals surface area contributed by atoms with E-state index in [2.05, 4.69) is 15.8 Å². The van der Waals surface area contributed by atoms with Gasteiger partial charge in [0.2, 0.25) is 0 Å². The highest BCUT2D eigenvalue weighted by atomic mass is 35.5. The number of halogens is 1. The van der Waals surface area contributed by atoms with E-state index in [0.717, 1.165) is 5.56 Å². The normalized spacial score (nSPS) is 10.6. The Bertz CT molecular complexity index is 1270. The Labute approximate surface area is 201 Å². The van der Waals surface area contributed by atoms with Gasteiger partial charge in [0.15, 0.2) is 11.5 Å². The highest BCUT2D eigenvalue weighted by Crippen LogP contribution is 2.28. The van der Waals surface area contributed by atoms with Gasteiger partial charge in [-0.2, -0.15) is 5.10 Å². The molecule has 0 unspecified atom stereocenters. The van der Waals surface area contributed by atoms with Gasteiger partial charge in [-0.05, 0) is 67.4 Å². The van der Waals surface area contributed by atoms with Crippen LogP contribution in [-0.4, -0.2) is 31.1 Å². The predicted octanol–water partition coefficient (Wildman–Crippen LogP) is 4.27. The number of benzene rings is 3. The molecule has 0 aliphatic rings. The van der Waals surface area contributed by atoms with Crippen LogP contribution in [0.2, 0.25) is 5.02 Å². The van der Waals surface area contributed by atoms with E-state index in [1.165, 1.54) is 13.3 Å². The smallest absolute Gasteiger partial charge is 0.343 e. The second kappa shape index (κ2) is 11.1. The largest absolute Gasteiger partial charge is 0.493 e. The van der Waals surface area contributed by atoms with Crippen LogP contribution in [0.4, 0.5) is 5.69 Å². The fourth-order valence-electron chi connectivity index (χ4n) is 2.92. The van der Waals surface area contributed by atoms with E-state index < -0.39 is 17.8 Å². The van der Waals surface area contributed by atoms with Gasteiger partial charge in [-0.1, -0.05) is 35.4 Å². The molecule has 0 saturated heterocycles. The van der Waals surface area contributed by atoms with Crippen molar-refractivity contribution in [2.45, 2.75) is 13.8 Å². The molecular weight excluding hydrogens is 458 g/mol. The van der Waals surface area contributed by atoms with Crippen molar-refractivity contribution in [1.82, 2.24) is 5.43 Å². The van der Waals surface area contributed by atoms with Crippen LogP contribution >= 0.6 is 11.6 Å². The third kappa shape index (κ3) is 6.20. The van der Waals surface area contributed by atoms with Gasteiger partial charge in [-0.25, -0.2) is 10.2 Å². The molecule has 2 amide bonds. The molecule has 0 atom stereocenters. The lowest BCUT2D eigenvalue weighted by molar-refractivity contribution is -0.136. The second-order valence-corrected chi connectivity index (χ2v) is 7.64. The van der Waals surface area contributed by atoms with E-state index in [0.29, 0.717) is 33.1 Å². The average molecular weight is 480 g/mol. The SMILES string of the molecule is COc1cc(/C=N/NC(=O)C(=O)Nc2cccc(Cl)c2C)ccc1OC(=O)c1cccc(C)c1. The summed E-state index contributed by atoms with van der Waals surface area (Å²) in [6.07, 6.45) is 1.32. The molecule has 0 heterocycles. The second-order valence-electron chi connectivity index (χ2n) is 7.23. The Hall–Kier alpha value is -4.17. The number of amides is 2. The highest BCUT2D eigenvalue weighted by Gasteiger charge is 2.15. The third-order valence-corrected chi connectivity index (χ3v) is 5.16. The number of hydrogen-bond donors (Lipinski definition) is 2. The third-order valence-electron chi connectivity index (χ3n) is 4.75. The number of carbonyl (C=O) groups is 3. The molecule has 8 nitrogen and oxygen atoms in total. The molecule has 3 aromatic carbocycles. The van der Waals surface area contributed by atoms with Gasteiger partial charge in [-0.15, -0.1) is 0 Å². The molecule has 2 N–H and O–H groups in total. The van der Waals surface area contributed by atoms with E-state index in [-0.39, 0.29) is 5.75 Å². The topological polar surface area (TPSA) is 106 Å². The molecule has 0 saturated carbocycles. The fourth-order valence-corrected chi connectivity index (χ4v) is 3.09. The van der Waals surface area contributed by atoms with Crippen molar-refractivity contribution >= 4 is 41.3 Å². The number of nitrogens with one attached hydrogen (secondary N) is 2. The predicted molar refractivity (Wildman–Crippen MR) is 130 cm³/mol. The first-order valence-corrected chi connectivity index (χ1v) is 10.5. The van der Waals surface area contributed by atoms with Crippen LogP contribution in [0.1, 0.15) is 27.0 Å². The van der Waals surface area contributed by atoms with Crippen molar-refractivity contribution in [1.29, 1.82) is 0 Å². The van der Waals surface area contributed by atoms with Gasteiger partial charge >= 0.3 is 17.8 Å². The van der Waals surface area contributed by atoms with E-state index in [1.807, 2.05) is 13.0 Å². The van der Waals surface area contributed by atoms with Crippen LogP contribution in [0.5, 0.6) is 11.5 Å². The summed E-state index contributed by atoms with van der Waals surface area (Å²) in [7, 11) is 1.43. The number of ether oxygens (including phenoxy) is 2. The molecule has 3 aromatic rings. The lowest BCUT2D eigenvalue weighted by Crippen LogP contribution is -2.32. The quantitative estimate of drug-likeness (QED) is 0.180. The Morgan fingerprint density at radius 3 is 2.44 bits per heavy atom. The molecule has 0 aliphatic carbocycles. The molecule has 3 rings (SSSR count). The Morgan fingerprint density at radius 2 is 1.71 bits per heavy atom. The summed E-state index contributed by atoms with van der Waals surface area (Å²) in [6, 6.07) is 16.8. The Kier molecular flexibility index (Phi) is 8.00. The lowest BCUT2D eigenvalue weighted by atomic mass is 10.1. The molecule has 9 heteroatoms. The number of aryl methyl sites for hydroxylation is 1. The van der Waals surface area contributed by atoms with Gasteiger partial charge < -0.3 is 14.8 Å². The lowest BCUT2D eigenvalue weighted by Gasteiger charge is -2.10. The molecule has 0 fully saturated rings. The summed E-state index contributed by atoms with van der Waals surface area (Å²) >= 11 is 6.02. The first-order valence-electron chi connectivity index (χ1n) is 10.1. The van der Waals surface area contributed by atoms with Crippen LogP contribution in [0.3, 0.4) is 0 Å². The summed E-state index contributed by atoms with van der Waals surface area (Å²) in [5.74, 6) is -1.83. The molecule has 0 radical (unpaired) electrons. The maximum atomic E-state index is 12.4. The number of anilines is 1. The van der Waals surface area contributed by atoms with E-state index in [1.54, 1.807) is 61.5 Å². The van der Waals surface area contributed by atoms with Crippen molar-refractivity contribution in [3.05, 3.63) is 87.9 Å². The average Bonchev–Trinajstić information content (AvgIpc) is 2.82. The first-order chi connectivity index (χ1) is 16.3. The van der Waals surface area contributed by atoms with Gasteiger partial charge in [0.05, 0.1) is 18.9 Å². The Balaban J connectivity index is 1.62. The number of rotatable bonds is 6. The van der Waals surface area contributed by atoms with Crippen molar-refractivity contribution in [2.75, 3.05) is 12.4 Å². The van der Waals surface area contributed by atoms with Crippen LogP contribution < -0.4 is 20.2 Å². The summed E-state index contributed by atoms with van der Waals surface area (Å²) in [5, 5.41) is 6.75. The van der Waals surface area contributed by atoms with Crippen LogP contribution in [0, 0.1) is 13.8 Å². The molecule has 0 bridgehead atoms. The van der Waals surface area contributed by atoms with Gasteiger partial charge in [0.25, 0.3) is 0 Å². The molecular formula is C25H22ClN3O5. The molecule has 0 spiro atoms. The van der Waals surface area contributed by atoms with Crippen LogP contribution in [0.15, 0.2) is 65.8 Å². The summed E-state index contributed by atoms with van der Waals surface area (Å²) < 4.78 is 10.7. The number of nitrogens with zero attached hydrogens (tertiary/aromatic N) is 1. The monoisotopic (exact) mass is 479 g/mol. The van der Waals surface area contributed by atoms with Crippen LogP contribution in [-0.2, 0) is 9.59 Å². The maximum absolute atomic E-state index is 12.4. The van der Waals surface area contributed by atoms with E-state index in [9.17, 15) is 14.4 Å². The fraction of sp³-hybridized carbons (Fsp3) is 0.120. The molecule has 34 heavy (non-hydrogen) atoms. The number of hydrazone groups is 1. The number of hydrogen-bond acceptors (Lipinski definition) is 6. The Morgan fingerprint density at radius 1 is 0.941 bits per heavy atom. The minimum absolute atomic E-state index is 0.228. The molecule has 0 aliphatic heterocycles. The standard InChI is InChI=1S/C25H22ClN3O5/c1-15-6-4-7-18(12-15)25(32)34-21-11-10-17(13-22(21)33-3)14-27-29-24(31)23(30)28-20-9-5-8-19(26)16(20)2/h4-14H,1-3H3,(H,28,30)(H,29,31)/b27-14+. The minimum Gasteiger partial charge on any atom is -0.493 e. The van der Waals surface area contributed by atoms with E-state index >= 15 is 0 Å². The van der Waals surface area contributed by atoms with E-state index in [4.69, 9.17) is 21.1 Å². The summed E-state index contributed by atoms with van der Waals surface area (Å²) in [4.78, 5) is 36.5. The zero-order valence-corrected chi connectivity index (χ0v) is 19.5. The zero-order valence-electron chi connectivity index (χ0n) is 18.7. The number of carbonyl (C=O) groups excluding carboxylic acids is 3. The summed E-state index contributed by atoms with van der Waals surface area (Å²) in [5.41, 5.74) is 5.12. The van der Waals surface area contributed by atoms with Crippen molar-refractivity contribution in [3.8, 4) is 11.5 Å². The summed E-state index contributed by atoms with van der Waals surface area (Å²) in [6.45, 7) is 3.61. The first kappa shape index (κ1) is 24.5. The van der Waals surface area contributed by atoms with Gasteiger partial charge in [0.1, 0.15) is 0 Å². The molecule has 0 aromatic heterocycles. The zero-order chi connectivity index (χ0) is 24.7. The van der Waals surface area contributed by atoms with Gasteiger partial charge in [0, 0.05) is 10.7 Å². The van der Waals surface area contributed by atoms with Crippen molar-refractivity contribution < 1.29 is 23.9 Å². The maximum Gasteiger partial charge on any atom is 0.343 e. The molecule has 174 valence electrons. The van der Waals surface area contributed by atoms with Crippen molar-refractivity contribution in [2.24, 2.45) is 5.10 Å². The number of esters is 1. The number of methoxy groups -OCH3 is 1. The van der Waals surface area contributed by atoms with Crippen LogP contribution in [0.25, 0.3) is 0 Å². The minimum atomic E-state index is -0.953. The van der Waals surface area contributed by atoms with Gasteiger partial charge in [-0.3, -0.25) is 9.59 Å².